The number of rotatable bonds is 13. The summed E-state index contributed by atoms with van der Waals surface area (Å²) in [6, 6.07) is 14.6. The Morgan fingerprint density at radius 3 is 2.37 bits per heavy atom. The van der Waals surface area contributed by atoms with E-state index in [1.165, 1.54) is 30.7 Å². The molecule has 0 bridgehead atoms. The van der Waals surface area contributed by atoms with Gasteiger partial charge in [-0.2, -0.15) is 4.31 Å². The highest BCUT2D eigenvalue weighted by Gasteiger charge is 2.33. The van der Waals surface area contributed by atoms with Crippen molar-refractivity contribution in [3.63, 3.8) is 0 Å². The van der Waals surface area contributed by atoms with Crippen LogP contribution in [0.1, 0.15) is 25.8 Å². The van der Waals surface area contributed by atoms with Crippen LogP contribution in [0.15, 0.2) is 59.5 Å². The number of hydrogen-bond donors (Lipinski definition) is 2. The van der Waals surface area contributed by atoms with E-state index in [2.05, 4.69) is 5.32 Å². The van der Waals surface area contributed by atoms with Crippen LogP contribution in [0.2, 0.25) is 0 Å². The van der Waals surface area contributed by atoms with Crippen LogP contribution in [0.25, 0.3) is 0 Å². The summed E-state index contributed by atoms with van der Waals surface area (Å²) in [7, 11) is -0.914. The maximum absolute atomic E-state index is 13.5. The first-order chi connectivity index (χ1) is 18.1. The smallest absolute Gasteiger partial charge is 0.407 e. The summed E-state index contributed by atoms with van der Waals surface area (Å²) in [5, 5.41) is 14.0. The molecule has 0 radical (unpaired) electrons. The molecule has 2 N–H and O–H groups in total. The summed E-state index contributed by atoms with van der Waals surface area (Å²) in [6.45, 7) is 3.97. The van der Waals surface area contributed by atoms with Crippen LogP contribution < -0.4 is 10.1 Å². The third kappa shape index (κ3) is 8.40. The zero-order valence-electron chi connectivity index (χ0n) is 22.3. The van der Waals surface area contributed by atoms with E-state index in [9.17, 15) is 18.3 Å². The lowest BCUT2D eigenvalue weighted by Gasteiger charge is -2.30. The number of alkyl carbamates (subject to hydrolysis) is 1. The fourth-order valence-corrected chi connectivity index (χ4v) is 5.83. The number of nitrogens with one attached hydrogen (secondary N) is 1. The van der Waals surface area contributed by atoms with Gasteiger partial charge in [-0.3, -0.25) is 0 Å². The Bertz CT molecular complexity index is 1110. The van der Waals surface area contributed by atoms with Crippen molar-refractivity contribution in [2.24, 2.45) is 5.92 Å². The number of sulfonamides is 1. The molecule has 1 heterocycles. The Labute approximate surface area is 224 Å². The summed E-state index contributed by atoms with van der Waals surface area (Å²) in [4.78, 5) is 12.8. The van der Waals surface area contributed by atoms with E-state index in [1.807, 2.05) is 44.2 Å². The fraction of sp³-hybridized carbons (Fsp3) is 0.519. The van der Waals surface area contributed by atoms with Crippen molar-refractivity contribution in [1.82, 2.24) is 9.62 Å². The minimum absolute atomic E-state index is 0.00295. The molecule has 1 fully saturated rings. The van der Waals surface area contributed by atoms with Crippen molar-refractivity contribution < 1.29 is 37.3 Å². The number of carbonyl (C=O) groups excluding carboxylic acids is 1. The Morgan fingerprint density at radius 1 is 1.11 bits per heavy atom. The molecule has 38 heavy (non-hydrogen) atoms. The normalized spacial score (nSPS) is 19.3. The van der Waals surface area contributed by atoms with Crippen LogP contribution in [-0.4, -0.2) is 82.4 Å². The van der Waals surface area contributed by atoms with Gasteiger partial charge in [-0.15, -0.1) is 0 Å². The number of aliphatic hydroxyl groups is 1. The number of nitrogens with zero attached hydrogens (tertiary/aromatic N) is 1. The quantitative estimate of drug-likeness (QED) is 0.390. The van der Waals surface area contributed by atoms with E-state index in [4.69, 9.17) is 18.9 Å². The zero-order valence-corrected chi connectivity index (χ0v) is 23.1. The van der Waals surface area contributed by atoms with E-state index in [1.54, 1.807) is 12.1 Å². The van der Waals surface area contributed by atoms with E-state index in [0.29, 0.717) is 12.2 Å². The molecule has 10 nitrogen and oxygen atoms in total. The van der Waals surface area contributed by atoms with Crippen LogP contribution >= 0.6 is 0 Å². The summed E-state index contributed by atoms with van der Waals surface area (Å²) in [6.07, 6.45) is -2.19. The highest BCUT2D eigenvalue weighted by Crippen LogP contribution is 2.22. The summed E-state index contributed by atoms with van der Waals surface area (Å²) in [5.74, 6) is 0.534. The van der Waals surface area contributed by atoms with Gasteiger partial charge in [-0.25, -0.2) is 13.2 Å². The molecule has 4 atom stereocenters. The van der Waals surface area contributed by atoms with Gasteiger partial charge in [0.1, 0.15) is 11.9 Å². The van der Waals surface area contributed by atoms with E-state index in [0.717, 1.165) is 5.56 Å². The highest BCUT2D eigenvalue weighted by molar-refractivity contribution is 7.89. The van der Waals surface area contributed by atoms with Gasteiger partial charge in [-0.1, -0.05) is 44.2 Å². The highest BCUT2D eigenvalue weighted by atomic mass is 32.2. The lowest BCUT2D eigenvalue weighted by Crippen LogP contribution is -2.51. The molecule has 2 aromatic carbocycles. The van der Waals surface area contributed by atoms with E-state index >= 15 is 0 Å². The maximum Gasteiger partial charge on any atom is 0.407 e. The molecule has 0 saturated carbocycles. The van der Waals surface area contributed by atoms with Crippen LogP contribution in [-0.2, 0) is 30.7 Å². The monoisotopic (exact) mass is 550 g/mol. The van der Waals surface area contributed by atoms with Gasteiger partial charge >= 0.3 is 6.09 Å². The molecule has 1 amide bonds. The van der Waals surface area contributed by atoms with Crippen molar-refractivity contribution in [3.8, 4) is 5.75 Å². The summed E-state index contributed by atoms with van der Waals surface area (Å²) >= 11 is 0. The van der Waals surface area contributed by atoms with E-state index in [-0.39, 0.29) is 36.9 Å². The molecule has 0 aromatic heterocycles. The number of aliphatic hydroxyl groups excluding tert-OH is 1. The van der Waals surface area contributed by atoms with Crippen LogP contribution in [0.5, 0.6) is 5.75 Å². The van der Waals surface area contributed by atoms with Gasteiger partial charge < -0.3 is 29.4 Å². The number of hydrogen-bond acceptors (Lipinski definition) is 8. The van der Waals surface area contributed by atoms with Gasteiger partial charge in [0, 0.05) is 26.6 Å². The lowest BCUT2D eigenvalue weighted by molar-refractivity contribution is -0.0883. The van der Waals surface area contributed by atoms with Gasteiger partial charge in [0.25, 0.3) is 0 Å². The molecule has 2 aromatic rings. The molecule has 210 valence electrons. The Kier molecular flexibility index (Phi) is 10.9. The second-order valence-corrected chi connectivity index (χ2v) is 11.6. The van der Waals surface area contributed by atoms with E-state index < -0.39 is 40.7 Å². The predicted octanol–water partition coefficient (Wildman–Crippen LogP) is 2.80. The third-order valence-corrected chi connectivity index (χ3v) is 8.03. The topological polar surface area (TPSA) is 124 Å². The van der Waals surface area contributed by atoms with Gasteiger partial charge in [0.15, 0.2) is 6.29 Å². The molecule has 3 rings (SSSR count). The SMILES string of the molecule is COc1ccc(S(=O)(=O)N(CC(C)C)C[C@H](O)[C@H](Cc2ccccc2)NC(=O)O[C@@H]2CO[C@H](OC)C2)cc1. The van der Waals surface area contributed by atoms with Crippen molar-refractivity contribution in [3.05, 3.63) is 60.2 Å². The number of ether oxygens (including phenoxy) is 4. The summed E-state index contributed by atoms with van der Waals surface area (Å²) in [5.41, 5.74) is 0.869. The van der Waals surface area contributed by atoms with Crippen molar-refractivity contribution in [1.29, 1.82) is 0 Å². The van der Waals surface area contributed by atoms with Gasteiger partial charge in [-0.05, 0) is 42.2 Å². The second-order valence-electron chi connectivity index (χ2n) is 9.66. The molecule has 0 spiro atoms. The molecule has 1 saturated heterocycles. The number of benzene rings is 2. The van der Waals surface area contributed by atoms with Crippen LogP contribution in [0.3, 0.4) is 0 Å². The van der Waals surface area contributed by atoms with Crippen LogP contribution in [0, 0.1) is 5.92 Å². The van der Waals surface area contributed by atoms with Crippen molar-refractivity contribution >= 4 is 16.1 Å². The molecule has 0 unspecified atom stereocenters. The molecule has 0 aliphatic carbocycles. The minimum Gasteiger partial charge on any atom is -0.497 e. The zero-order chi connectivity index (χ0) is 27.7. The first kappa shape index (κ1) is 29.9. The number of amides is 1. The van der Waals surface area contributed by atoms with Crippen molar-refractivity contribution in [2.75, 3.05) is 33.9 Å². The number of methoxy groups -OCH3 is 2. The first-order valence-electron chi connectivity index (χ1n) is 12.6. The average molecular weight is 551 g/mol. The summed E-state index contributed by atoms with van der Waals surface area (Å²) < 4.78 is 49.5. The van der Waals surface area contributed by atoms with Crippen molar-refractivity contribution in [2.45, 2.75) is 56.1 Å². The van der Waals surface area contributed by atoms with Gasteiger partial charge in [0.2, 0.25) is 10.0 Å². The molecule has 11 heteroatoms. The van der Waals surface area contributed by atoms with Crippen LogP contribution in [0.4, 0.5) is 4.79 Å². The Balaban J connectivity index is 1.78. The van der Waals surface area contributed by atoms with Gasteiger partial charge in [0.05, 0.1) is 30.8 Å². The Morgan fingerprint density at radius 2 is 1.79 bits per heavy atom. The predicted molar refractivity (Wildman–Crippen MR) is 141 cm³/mol. The molecule has 1 aliphatic rings. The Hall–Kier alpha value is -2.70. The molecular formula is C27H38N2O8S. The third-order valence-electron chi connectivity index (χ3n) is 6.18. The number of carbonyl (C=O) groups is 1. The molecule has 1 aliphatic heterocycles. The second kappa shape index (κ2) is 13.9. The maximum atomic E-state index is 13.5. The standard InChI is InChI=1S/C27H38N2O8S/c1-19(2)16-29(38(32,33)23-12-10-21(34-3)11-13-23)17-25(30)24(14-20-8-6-5-7-9-20)28-27(31)37-22-15-26(35-4)36-18-22/h5-13,19,22,24-26,30H,14-18H2,1-4H3,(H,28,31)/t22-,24-,25-,26-/m0/s1. The molecular weight excluding hydrogens is 512 g/mol. The average Bonchev–Trinajstić information content (AvgIpc) is 3.35. The lowest BCUT2D eigenvalue weighted by atomic mass is 10.0. The largest absolute Gasteiger partial charge is 0.497 e. The first-order valence-corrected chi connectivity index (χ1v) is 14.0. The fourth-order valence-electron chi connectivity index (χ4n) is 4.21. The minimum atomic E-state index is -3.94.